The molecule has 0 aliphatic heterocycles. The average Bonchev–Trinajstić information content (AvgIpc) is 2.90. The van der Waals surface area contributed by atoms with Gasteiger partial charge in [-0.1, -0.05) is 19.0 Å². The first-order valence-electron chi connectivity index (χ1n) is 10.4. The fourth-order valence-electron chi connectivity index (χ4n) is 7.10. The Balaban J connectivity index is 1.51. The molecule has 4 aliphatic rings. The second-order valence-corrected chi connectivity index (χ2v) is 9.56. The molecule has 4 heteroatoms. The summed E-state index contributed by atoms with van der Waals surface area (Å²) in [5.41, 5.74) is 7.17. The minimum Gasteiger partial charge on any atom is -0.395 e. The first kappa shape index (κ1) is 17.5. The maximum atomic E-state index is 12.5. The number of Topliss-reactive ketones (excluding diaryl/α,β-unsaturated/α-hetero) is 1. The van der Waals surface area contributed by atoms with E-state index in [-0.39, 0.29) is 5.41 Å². The Bertz CT molecular complexity index is 574. The minimum absolute atomic E-state index is 0.00170. The molecule has 2 N–H and O–H groups in total. The minimum atomic E-state index is 0.00170. The van der Waals surface area contributed by atoms with Gasteiger partial charge in [-0.25, -0.2) is 0 Å². The van der Waals surface area contributed by atoms with Crippen LogP contribution in [0.4, 0.5) is 0 Å². The highest BCUT2D eigenvalue weighted by atomic mass is 16.6. The highest BCUT2D eigenvalue weighted by molar-refractivity contribution is 5.87. The van der Waals surface area contributed by atoms with Crippen molar-refractivity contribution in [2.45, 2.75) is 71.6 Å². The van der Waals surface area contributed by atoms with Crippen molar-refractivity contribution >= 4 is 11.5 Å². The molecular formula is C21H34N2O2. The molecule has 0 radical (unpaired) electrons. The summed E-state index contributed by atoms with van der Waals surface area (Å²) in [6, 6.07) is 0. The van der Waals surface area contributed by atoms with Crippen molar-refractivity contribution < 1.29 is 9.63 Å². The van der Waals surface area contributed by atoms with Crippen LogP contribution in [0.25, 0.3) is 0 Å². The molecule has 0 heterocycles. The Morgan fingerprint density at radius 3 is 2.76 bits per heavy atom. The molecule has 4 nitrogen and oxygen atoms in total. The average molecular weight is 347 g/mol. The Labute approximate surface area is 151 Å². The van der Waals surface area contributed by atoms with E-state index in [1.807, 2.05) is 0 Å². The van der Waals surface area contributed by atoms with Crippen LogP contribution < -0.4 is 5.73 Å². The molecule has 0 saturated heterocycles. The summed E-state index contributed by atoms with van der Waals surface area (Å²) in [7, 11) is 0. The predicted octanol–water partition coefficient (Wildman–Crippen LogP) is 3.93. The van der Waals surface area contributed by atoms with Crippen LogP contribution in [0.15, 0.2) is 5.16 Å². The van der Waals surface area contributed by atoms with Crippen molar-refractivity contribution in [3.8, 4) is 0 Å². The maximum Gasteiger partial charge on any atom is 0.139 e. The van der Waals surface area contributed by atoms with Crippen LogP contribution in [0.3, 0.4) is 0 Å². The van der Waals surface area contributed by atoms with Gasteiger partial charge in [0.25, 0.3) is 0 Å². The van der Waals surface area contributed by atoms with Gasteiger partial charge in [0.2, 0.25) is 0 Å². The molecule has 0 bridgehead atoms. The van der Waals surface area contributed by atoms with Gasteiger partial charge in [-0.3, -0.25) is 4.79 Å². The summed E-state index contributed by atoms with van der Waals surface area (Å²) in [6.45, 7) is 5.87. The van der Waals surface area contributed by atoms with E-state index in [9.17, 15) is 4.79 Å². The third-order valence-electron chi connectivity index (χ3n) is 8.61. The summed E-state index contributed by atoms with van der Waals surface area (Å²) in [5, 5.41) is 4.37. The molecule has 0 aromatic rings. The van der Waals surface area contributed by atoms with Crippen LogP contribution in [0.1, 0.15) is 71.6 Å². The van der Waals surface area contributed by atoms with Gasteiger partial charge in [0.1, 0.15) is 12.4 Å². The number of carbonyl (C=O) groups is 1. The van der Waals surface area contributed by atoms with Crippen molar-refractivity contribution in [3.63, 3.8) is 0 Å². The van der Waals surface area contributed by atoms with E-state index in [1.165, 1.54) is 31.4 Å². The number of rotatable bonds is 3. The summed E-state index contributed by atoms with van der Waals surface area (Å²) in [5.74, 6) is 3.53. The van der Waals surface area contributed by atoms with E-state index in [0.29, 0.717) is 30.3 Å². The van der Waals surface area contributed by atoms with Crippen molar-refractivity contribution in [2.75, 3.05) is 13.2 Å². The SMILES string of the molecule is CC12CCC3C(CCC4CC(=NOCCN)CCC43C)C1CCC2=O. The number of ketones is 1. The van der Waals surface area contributed by atoms with Crippen molar-refractivity contribution in [1.82, 2.24) is 0 Å². The third-order valence-corrected chi connectivity index (χ3v) is 8.61. The van der Waals surface area contributed by atoms with Gasteiger partial charge in [-0.15, -0.1) is 0 Å². The molecule has 4 aliphatic carbocycles. The quantitative estimate of drug-likeness (QED) is 0.622. The van der Waals surface area contributed by atoms with E-state index in [0.717, 1.165) is 49.9 Å². The van der Waals surface area contributed by atoms with Crippen LogP contribution in [-0.4, -0.2) is 24.6 Å². The Kier molecular flexibility index (Phi) is 4.46. The van der Waals surface area contributed by atoms with Crippen molar-refractivity contribution in [3.05, 3.63) is 0 Å². The zero-order valence-electron chi connectivity index (χ0n) is 15.9. The Morgan fingerprint density at radius 1 is 1.12 bits per heavy atom. The number of nitrogens with zero attached hydrogens (tertiary/aromatic N) is 1. The van der Waals surface area contributed by atoms with Crippen LogP contribution >= 0.6 is 0 Å². The lowest BCUT2D eigenvalue weighted by Crippen LogP contribution is -2.53. The number of oxime groups is 1. The van der Waals surface area contributed by atoms with E-state index < -0.39 is 0 Å². The Hall–Kier alpha value is -0.900. The van der Waals surface area contributed by atoms with Crippen molar-refractivity contribution in [2.24, 2.45) is 45.4 Å². The van der Waals surface area contributed by atoms with Crippen LogP contribution in [0.5, 0.6) is 0 Å². The van der Waals surface area contributed by atoms with E-state index in [1.54, 1.807) is 0 Å². The lowest BCUT2D eigenvalue weighted by Gasteiger charge is -2.59. The monoisotopic (exact) mass is 346 g/mol. The molecule has 0 aromatic heterocycles. The van der Waals surface area contributed by atoms with Gasteiger partial charge in [0, 0.05) is 18.4 Å². The fourth-order valence-corrected chi connectivity index (χ4v) is 7.10. The lowest BCUT2D eigenvalue weighted by atomic mass is 9.45. The molecule has 0 spiro atoms. The molecule has 4 rings (SSSR count). The maximum absolute atomic E-state index is 12.5. The fraction of sp³-hybridized carbons (Fsp3) is 0.905. The predicted molar refractivity (Wildman–Crippen MR) is 99.2 cm³/mol. The summed E-state index contributed by atoms with van der Waals surface area (Å²) >= 11 is 0. The standard InChI is InChI=1S/C21H34N2O2/c1-20-9-7-15(23-25-12-11-22)13-14(20)3-4-16-17-5-6-19(24)21(17,2)10-8-18(16)20/h14,16-18H,3-13,22H2,1-2H3. The summed E-state index contributed by atoms with van der Waals surface area (Å²) in [4.78, 5) is 17.8. The number of nitrogens with two attached hydrogens (primary N) is 1. The topological polar surface area (TPSA) is 64.7 Å². The zero-order valence-corrected chi connectivity index (χ0v) is 15.9. The molecule has 4 fully saturated rings. The largest absolute Gasteiger partial charge is 0.395 e. The Morgan fingerprint density at radius 2 is 1.96 bits per heavy atom. The smallest absolute Gasteiger partial charge is 0.139 e. The van der Waals surface area contributed by atoms with Gasteiger partial charge in [0.15, 0.2) is 0 Å². The zero-order chi connectivity index (χ0) is 17.7. The molecule has 0 amide bonds. The van der Waals surface area contributed by atoms with Crippen LogP contribution in [-0.2, 0) is 9.63 Å². The molecule has 4 saturated carbocycles. The van der Waals surface area contributed by atoms with E-state index >= 15 is 0 Å². The highest BCUT2D eigenvalue weighted by Crippen LogP contribution is 2.65. The number of fused-ring (bicyclic) bond motifs is 5. The van der Waals surface area contributed by atoms with Gasteiger partial charge >= 0.3 is 0 Å². The number of carbonyl (C=O) groups excluding carboxylic acids is 1. The molecular weight excluding hydrogens is 312 g/mol. The summed E-state index contributed by atoms with van der Waals surface area (Å²) < 4.78 is 0. The van der Waals surface area contributed by atoms with Crippen LogP contribution in [0, 0.1) is 34.5 Å². The molecule has 0 aromatic carbocycles. The number of hydrogen-bond donors (Lipinski definition) is 1. The first-order chi connectivity index (χ1) is 12.0. The van der Waals surface area contributed by atoms with E-state index in [4.69, 9.17) is 10.6 Å². The van der Waals surface area contributed by atoms with E-state index in [2.05, 4.69) is 19.0 Å². The second-order valence-electron chi connectivity index (χ2n) is 9.56. The summed E-state index contributed by atoms with van der Waals surface area (Å²) in [6.07, 6.45) is 10.4. The highest BCUT2D eigenvalue weighted by Gasteiger charge is 2.59. The van der Waals surface area contributed by atoms with Gasteiger partial charge in [-0.05, 0) is 80.5 Å². The molecule has 25 heavy (non-hydrogen) atoms. The van der Waals surface area contributed by atoms with Crippen molar-refractivity contribution in [1.29, 1.82) is 0 Å². The van der Waals surface area contributed by atoms with Gasteiger partial charge < -0.3 is 10.6 Å². The van der Waals surface area contributed by atoms with Crippen LogP contribution in [0.2, 0.25) is 0 Å². The molecule has 6 atom stereocenters. The normalized spacial score (nSPS) is 48.0. The second kappa shape index (κ2) is 6.37. The lowest BCUT2D eigenvalue weighted by molar-refractivity contribution is -0.137. The molecule has 6 unspecified atom stereocenters. The first-order valence-corrected chi connectivity index (χ1v) is 10.4. The van der Waals surface area contributed by atoms with Gasteiger partial charge in [-0.2, -0.15) is 0 Å². The van der Waals surface area contributed by atoms with Gasteiger partial charge in [0.05, 0.1) is 5.71 Å². The number of hydrogen-bond acceptors (Lipinski definition) is 4. The molecule has 140 valence electrons. The third kappa shape index (κ3) is 2.67.